The lowest BCUT2D eigenvalue weighted by Crippen LogP contribution is -2.41. The number of furan rings is 1. The molecule has 0 saturated carbocycles. The number of aliphatic carboxylic acids is 1. The van der Waals surface area contributed by atoms with E-state index in [1.165, 1.54) is 7.11 Å². The Hall–Kier alpha value is -2.02. The van der Waals surface area contributed by atoms with Crippen molar-refractivity contribution in [1.29, 1.82) is 0 Å². The van der Waals surface area contributed by atoms with Crippen LogP contribution in [0.4, 0.5) is 4.79 Å². The number of hydrogen-bond donors (Lipinski definition) is 3. The van der Waals surface area contributed by atoms with E-state index in [0.29, 0.717) is 0 Å². The van der Waals surface area contributed by atoms with E-state index in [4.69, 9.17) is 14.3 Å². The number of rotatable bonds is 7. The maximum Gasteiger partial charge on any atom is 0.315 e. The third kappa shape index (κ3) is 5.47. The van der Waals surface area contributed by atoms with Gasteiger partial charge in [0.1, 0.15) is 11.5 Å². The van der Waals surface area contributed by atoms with Crippen molar-refractivity contribution in [3.63, 3.8) is 0 Å². The molecule has 1 rings (SSSR count). The Morgan fingerprint density at radius 1 is 1.43 bits per heavy atom. The lowest BCUT2D eigenvalue weighted by atomic mass is 10.1. The van der Waals surface area contributed by atoms with Gasteiger partial charge in [-0.3, -0.25) is 4.79 Å². The molecule has 2 amide bonds. The largest absolute Gasteiger partial charge is 0.481 e. The molecule has 21 heavy (non-hydrogen) atoms. The highest BCUT2D eigenvalue weighted by Gasteiger charge is 2.17. The first-order chi connectivity index (χ1) is 9.83. The molecule has 0 aliphatic rings. The Balaban J connectivity index is 2.46. The van der Waals surface area contributed by atoms with E-state index in [2.05, 4.69) is 10.6 Å². The van der Waals surface area contributed by atoms with Crippen molar-refractivity contribution in [2.75, 3.05) is 13.7 Å². The van der Waals surface area contributed by atoms with Crippen LogP contribution in [0.25, 0.3) is 0 Å². The number of carboxylic acid groups (broad SMARTS) is 1. The number of amides is 2. The highest BCUT2D eigenvalue weighted by molar-refractivity contribution is 5.74. The third-order valence-corrected chi connectivity index (χ3v) is 3.12. The lowest BCUT2D eigenvalue weighted by Gasteiger charge is -2.17. The predicted octanol–water partition coefficient (Wildman–Crippen LogP) is 1.75. The van der Waals surface area contributed by atoms with E-state index in [0.717, 1.165) is 17.1 Å². The van der Waals surface area contributed by atoms with Crippen LogP contribution in [0.2, 0.25) is 0 Å². The zero-order chi connectivity index (χ0) is 16.0. The number of nitrogens with one attached hydrogen (secondary N) is 2. The fraction of sp³-hybridized carbons (Fsp3) is 0.571. The molecule has 118 valence electrons. The summed E-state index contributed by atoms with van der Waals surface area (Å²) in [7, 11) is 1.41. The molecule has 2 unspecified atom stereocenters. The molecule has 0 bridgehead atoms. The monoisotopic (exact) mass is 298 g/mol. The number of carbonyl (C=O) groups excluding carboxylic acids is 1. The van der Waals surface area contributed by atoms with Crippen LogP contribution in [0.5, 0.6) is 0 Å². The van der Waals surface area contributed by atoms with Crippen LogP contribution in [-0.2, 0) is 9.53 Å². The molecular formula is C14H22N2O5. The topological polar surface area (TPSA) is 101 Å². The number of ether oxygens (including phenoxy) is 1. The van der Waals surface area contributed by atoms with Crippen molar-refractivity contribution in [3.8, 4) is 0 Å². The molecule has 0 radical (unpaired) electrons. The number of aryl methyl sites for hydroxylation is 2. The fourth-order valence-electron chi connectivity index (χ4n) is 2.05. The summed E-state index contributed by atoms with van der Waals surface area (Å²) in [4.78, 5) is 22.4. The van der Waals surface area contributed by atoms with Crippen molar-refractivity contribution in [3.05, 3.63) is 23.2 Å². The fourth-order valence-corrected chi connectivity index (χ4v) is 2.05. The first-order valence-electron chi connectivity index (χ1n) is 6.69. The van der Waals surface area contributed by atoms with E-state index < -0.39 is 12.1 Å². The van der Waals surface area contributed by atoms with Crippen molar-refractivity contribution in [2.24, 2.45) is 0 Å². The van der Waals surface area contributed by atoms with Gasteiger partial charge in [-0.1, -0.05) is 0 Å². The van der Waals surface area contributed by atoms with Crippen molar-refractivity contribution < 1.29 is 23.8 Å². The molecule has 1 aromatic rings. The summed E-state index contributed by atoms with van der Waals surface area (Å²) in [6.45, 7) is 5.66. The summed E-state index contributed by atoms with van der Waals surface area (Å²) in [6.07, 6.45) is -0.715. The Labute approximate surface area is 123 Å². The van der Waals surface area contributed by atoms with Gasteiger partial charge in [0.15, 0.2) is 0 Å². The SMILES string of the molecule is COC(CNC(=O)NC(C)c1cc(C)oc1C)CC(=O)O. The first kappa shape index (κ1) is 17.0. The minimum Gasteiger partial charge on any atom is -0.481 e. The van der Waals surface area contributed by atoms with Gasteiger partial charge in [0, 0.05) is 19.2 Å². The summed E-state index contributed by atoms with van der Waals surface area (Å²) < 4.78 is 10.4. The molecule has 0 fully saturated rings. The van der Waals surface area contributed by atoms with Crippen LogP contribution in [0.1, 0.15) is 36.5 Å². The zero-order valence-corrected chi connectivity index (χ0v) is 12.7. The van der Waals surface area contributed by atoms with Crippen LogP contribution in [0.3, 0.4) is 0 Å². The van der Waals surface area contributed by atoms with Crippen molar-refractivity contribution >= 4 is 12.0 Å². The Kier molecular flexibility index (Phi) is 6.23. The van der Waals surface area contributed by atoms with Gasteiger partial charge in [0.05, 0.1) is 18.6 Å². The molecule has 1 aromatic heterocycles. The Morgan fingerprint density at radius 3 is 2.57 bits per heavy atom. The van der Waals surface area contributed by atoms with Gasteiger partial charge in [-0.05, 0) is 26.8 Å². The number of carbonyl (C=O) groups is 2. The predicted molar refractivity (Wildman–Crippen MR) is 76.2 cm³/mol. The molecule has 7 heteroatoms. The molecule has 1 heterocycles. The van der Waals surface area contributed by atoms with E-state index in [-0.39, 0.29) is 25.0 Å². The summed E-state index contributed by atoms with van der Waals surface area (Å²) in [5.41, 5.74) is 0.913. The Bertz CT molecular complexity index is 498. The minimum absolute atomic E-state index is 0.130. The quantitative estimate of drug-likeness (QED) is 0.712. The maximum absolute atomic E-state index is 11.8. The summed E-state index contributed by atoms with van der Waals surface area (Å²) >= 11 is 0. The van der Waals surface area contributed by atoms with Crippen LogP contribution in [0.15, 0.2) is 10.5 Å². The van der Waals surface area contributed by atoms with Gasteiger partial charge >= 0.3 is 12.0 Å². The van der Waals surface area contributed by atoms with Gasteiger partial charge in [0.25, 0.3) is 0 Å². The van der Waals surface area contributed by atoms with Crippen LogP contribution >= 0.6 is 0 Å². The van der Waals surface area contributed by atoms with E-state index >= 15 is 0 Å². The number of methoxy groups -OCH3 is 1. The van der Waals surface area contributed by atoms with Gasteiger partial charge in [-0.2, -0.15) is 0 Å². The second kappa shape index (κ2) is 7.68. The number of carboxylic acids is 1. The zero-order valence-electron chi connectivity index (χ0n) is 12.7. The standard InChI is InChI=1S/C14H22N2O5/c1-8-5-12(10(3)21-8)9(2)16-14(19)15-7-11(20-4)6-13(17)18/h5,9,11H,6-7H2,1-4H3,(H,17,18)(H2,15,16,19). The van der Waals surface area contributed by atoms with E-state index in [9.17, 15) is 9.59 Å². The van der Waals surface area contributed by atoms with Crippen LogP contribution < -0.4 is 10.6 Å². The molecule has 0 aromatic carbocycles. The molecule has 0 aliphatic heterocycles. The lowest BCUT2D eigenvalue weighted by molar-refractivity contribution is -0.139. The minimum atomic E-state index is -0.970. The molecule has 2 atom stereocenters. The van der Waals surface area contributed by atoms with E-state index in [1.54, 1.807) is 0 Å². The van der Waals surface area contributed by atoms with Gasteiger partial charge in [-0.15, -0.1) is 0 Å². The van der Waals surface area contributed by atoms with Crippen LogP contribution in [-0.4, -0.2) is 36.9 Å². The van der Waals surface area contributed by atoms with Gasteiger partial charge < -0.3 is 24.9 Å². The average molecular weight is 298 g/mol. The van der Waals surface area contributed by atoms with Gasteiger partial charge in [0.2, 0.25) is 0 Å². The van der Waals surface area contributed by atoms with Gasteiger partial charge in [-0.25, -0.2) is 4.79 Å². The highest BCUT2D eigenvalue weighted by atomic mass is 16.5. The van der Waals surface area contributed by atoms with Crippen molar-refractivity contribution in [2.45, 2.75) is 39.3 Å². The van der Waals surface area contributed by atoms with Crippen LogP contribution in [0, 0.1) is 13.8 Å². The molecule has 7 nitrogen and oxygen atoms in total. The molecule has 0 aliphatic carbocycles. The maximum atomic E-state index is 11.8. The molecule has 0 spiro atoms. The first-order valence-corrected chi connectivity index (χ1v) is 6.69. The third-order valence-electron chi connectivity index (χ3n) is 3.12. The summed E-state index contributed by atoms with van der Waals surface area (Å²) in [5.74, 6) is 0.584. The average Bonchev–Trinajstić information content (AvgIpc) is 2.73. The number of hydrogen-bond acceptors (Lipinski definition) is 4. The summed E-state index contributed by atoms with van der Waals surface area (Å²) in [6, 6.07) is 1.29. The van der Waals surface area contributed by atoms with Crippen molar-refractivity contribution in [1.82, 2.24) is 10.6 Å². The molecular weight excluding hydrogens is 276 g/mol. The highest BCUT2D eigenvalue weighted by Crippen LogP contribution is 2.20. The second-order valence-electron chi connectivity index (χ2n) is 4.90. The second-order valence-corrected chi connectivity index (χ2v) is 4.90. The summed E-state index contributed by atoms with van der Waals surface area (Å²) in [5, 5.41) is 14.1. The molecule has 0 saturated heterocycles. The normalized spacial score (nSPS) is 13.5. The number of urea groups is 1. The molecule has 3 N–H and O–H groups in total. The van der Waals surface area contributed by atoms with E-state index in [1.807, 2.05) is 26.8 Å². The Morgan fingerprint density at radius 2 is 2.10 bits per heavy atom. The smallest absolute Gasteiger partial charge is 0.315 e.